The number of hydrogen-bond acceptors (Lipinski definition) is 4. The van der Waals surface area contributed by atoms with Crippen LogP contribution in [0.2, 0.25) is 0 Å². The van der Waals surface area contributed by atoms with E-state index in [1.54, 1.807) is 26.2 Å². The van der Waals surface area contributed by atoms with Gasteiger partial charge in [-0.3, -0.25) is 4.79 Å². The van der Waals surface area contributed by atoms with Crippen LogP contribution in [0, 0.1) is 0 Å². The summed E-state index contributed by atoms with van der Waals surface area (Å²) >= 11 is 5.59. The fraction of sp³-hybridized carbons (Fsp3) is 0.562. The number of halogens is 1. The first-order valence-electron chi connectivity index (χ1n) is 7.27. The summed E-state index contributed by atoms with van der Waals surface area (Å²) in [4.78, 5) is 13.5. The van der Waals surface area contributed by atoms with Crippen molar-refractivity contribution >= 4 is 17.5 Å². The van der Waals surface area contributed by atoms with Crippen molar-refractivity contribution < 1.29 is 19.0 Å². The van der Waals surface area contributed by atoms with E-state index in [-0.39, 0.29) is 5.91 Å². The number of alkyl halides is 1. The van der Waals surface area contributed by atoms with E-state index in [9.17, 15) is 4.79 Å². The first-order chi connectivity index (χ1) is 10.6. The molecule has 1 aromatic carbocycles. The highest BCUT2D eigenvalue weighted by molar-refractivity contribution is 6.17. The van der Waals surface area contributed by atoms with Crippen LogP contribution < -0.4 is 14.2 Å². The number of amides is 1. The highest BCUT2D eigenvalue weighted by atomic mass is 35.5. The van der Waals surface area contributed by atoms with Gasteiger partial charge in [0.05, 0.1) is 20.8 Å². The van der Waals surface area contributed by atoms with E-state index in [2.05, 4.69) is 0 Å². The molecule has 0 N–H and O–H groups in total. The second-order valence-electron chi connectivity index (χ2n) is 4.80. The molecule has 1 rings (SSSR count). The van der Waals surface area contributed by atoms with Crippen LogP contribution in [0.3, 0.4) is 0 Å². The van der Waals surface area contributed by atoms with E-state index < -0.39 is 0 Å². The lowest BCUT2D eigenvalue weighted by molar-refractivity contribution is -0.130. The molecular weight excluding hydrogens is 306 g/mol. The van der Waals surface area contributed by atoms with Crippen molar-refractivity contribution in [2.24, 2.45) is 0 Å². The quantitative estimate of drug-likeness (QED) is 0.489. The van der Waals surface area contributed by atoms with Crippen LogP contribution in [0.5, 0.6) is 17.2 Å². The Kier molecular flexibility index (Phi) is 8.51. The molecule has 0 radical (unpaired) electrons. The molecule has 1 amide bonds. The number of methoxy groups -OCH3 is 2. The van der Waals surface area contributed by atoms with Gasteiger partial charge in [-0.05, 0) is 25.0 Å². The summed E-state index contributed by atoms with van der Waals surface area (Å²) in [6.07, 6.45) is 1.92. The molecule has 22 heavy (non-hydrogen) atoms. The van der Waals surface area contributed by atoms with Gasteiger partial charge >= 0.3 is 0 Å². The highest BCUT2D eigenvalue weighted by Crippen LogP contribution is 2.36. The third kappa shape index (κ3) is 5.64. The summed E-state index contributed by atoms with van der Waals surface area (Å²) in [5.41, 5.74) is 0. The van der Waals surface area contributed by atoms with Gasteiger partial charge < -0.3 is 19.1 Å². The smallest absolute Gasteiger partial charge is 0.222 e. The molecule has 0 atom stereocenters. The fourth-order valence-corrected chi connectivity index (χ4v) is 2.10. The van der Waals surface area contributed by atoms with E-state index >= 15 is 0 Å². The lowest BCUT2D eigenvalue weighted by Crippen LogP contribution is -2.28. The molecule has 0 saturated carbocycles. The minimum absolute atomic E-state index is 0.107. The monoisotopic (exact) mass is 329 g/mol. The SMILES string of the molecule is COc1cccc(OC)c1OCCCN(C)C(=O)CCCCl. The van der Waals surface area contributed by atoms with Crippen molar-refractivity contribution in [1.82, 2.24) is 4.90 Å². The van der Waals surface area contributed by atoms with E-state index in [4.69, 9.17) is 25.8 Å². The summed E-state index contributed by atoms with van der Waals surface area (Å²) in [6, 6.07) is 5.48. The molecule has 5 nitrogen and oxygen atoms in total. The maximum absolute atomic E-state index is 11.8. The molecule has 0 aliphatic heterocycles. The number of rotatable bonds is 10. The third-order valence-electron chi connectivity index (χ3n) is 3.22. The maximum atomic E-state index is 11.8. The second-order valence-corrected chi connectivity index (χ2v) is 5.18. The number of ether oxygens (including phenoxy) is 3. The maximum Gasteiger partial charge on any atom is 0.222 e. The van der Waals surface area contributed by atoms with Gasteiger partial charge in [0.2, 0.25) is 11.7 Å². The molecule has 0 bridgehead atoms. The van der Waals surface area contributed by atoms with Crippen molar-refractivity contribution in [2.75, 3.05) is 40.3 Å². The van der Waals surface area contributed by atoms with Gasteiger partial charge in [0.1, 0.15) is 0 Å². The summed E-state index contributed by atoms with van der Waals surface area (Å²) in [7, 11) is 4.97. The Labute approximate surface area is 137 Å². The van der Waals surface area contributed by atoms with Crippen LogP contribution in [-0.4, -0.2) is 51.1 Å². The number of carbonyl (C=O) groups is 1. The molecular formula is C16H24ClNO4. The summed E-state index contributed by atoms with van der Waals surface area (Å²) in [5, 5.41) is 0. The summed E-state index contributed by atoms with van der Waals surface area (Å²) in [6.45, 7) is 1.11. The van der Waals surface area contributed by atoms with Crippen LogP contribution in [0.4, 0.5) is 0 Å². The molecule has 0 aliphatic carbocycles. The molecule has 1 aromatic rings. The average Bonchev–Trinajstić information content (AvgIpc) is 2.55. The van der Waals surface area contributed by atoms with Crippen LogP contribution in [-0.2, 0) is 4.79 Å². The van der Waals surface area contributed by atoms with Crippen LogP contribution in [0.25, 0.3) is 0 Å². The highest BCUT2D eigenvalue weighted by Gasteiger charge is 2.12. The Morgan fingerprint density at radius 1 is 1.18 bits per heavy atom. The molecule has 0 spiro atoms. The van der Waals surface area contributed by atoms with Gasteiger partial charge in [0, 0.05) is 25.9 Å². The lowest BCUT2D eigenvalue weighted by atomic mass is 10.3. The van der Waals surface area contributed by atoms with Crippen molar-refractivity contribution in [1.29, 1.82) is 0 Å². The van der Waals surface area contributed by atoms with E-state index in [1.807, 2.05) is 18.2 Å². The van der Waals surface area contributed by atoms with E-state index in [0.29, 0.717) is 49.1 Å². The molecule has 0 fully saturated rings. The zero-order valence-corrected chi connectivity index (χ0v) is 14.2. The van der Waals surface area contributed by atoms with Crippen LogP contribution >= 0.6 is 11.6 Å². The molecule has 6 heteroatoms. The number of benzene rings is 1. The molecule has 0 unspecified atom stereocenters. The number of hydrogen-bond donors (Lipinski definition) is 0. The fourth-order valence-electron chi connectivity index (χ4n) is 1.97. The van der Waals surface area contributed by atoms with Gasteiger partial charge in [-0.2, -0.15) is 0 Å². The van der Waals surface area contributed by atoms with Crippen molar-refractivity contribution in [3.05, 3.63) is 18.2 Å². The zero-order valence-electron chi connectivity index (χ0n) is 13.4. The second kappa shape index (κ2) is 10.2. The van der Waals surface area contributed by atoms with Crippen molar-refractivity contribution in [3.63, 3.8) is 0 Å². The topological polar surface area (TPSA) is 48.0 Å². The Bertz CT molecular complexity index is 445. The minimum Gasteiger partial charge on any atom is -0.493 e. The molecule has 124 valence electrons. The Balaban J connectivity index is 2.43. The summed E-state index contributed by atoms with van der Waals surface area (Å²) < 4.78 is 16.3. The molecule has 0 aliphatic rings. The standard InChI is InChI=1S/C16H24ClNO4/c1-18(15(19)9-5-10-17)11-6-12-22-16-13(20-2)7-4-8-14(16)21-3/h4,7-8H,5-6,9-12H2,1-3H3. The molecule has 0 heterocycles. The van der Waals surface area contributed by atoms with Gasteiger partial charge in [0.25, 0.3) is 0 Å². The van der Waals surface area contributed by atoms with E-state index in [0.717, 1.165) is 6.42 Å². The van der Waals surface area contributed by atoms with Crippen molar-refractivity contribution in [2.45, 2.75) is 19.3 Å². The predicted octanol–water partition coefficient (Wildman–Crippen LogP) is 2.95. The summed E-state index contributed by atoms with van der Waals surface area (Å²) in [5.74, 6) is 2.46. The normalized spacial score (nSPS) is 10.2. The molecule has 0 aromatic heterocycles. The number of carbonyl (C=O) groups excluding carboxylic acids is 1. The Hall–Kier alpha value is -1.62. The number of nitrogens with zero attached hydrogens (tertiary/aromatic N) is 1. The predicted molar refractivity (Wildman–Crippen MR) is 87.2 cm³/mol. The van der Waals surface area contributed by atoms with Gasteiger partial charge in [-0.15, -0.1) is 11.6 Å². The van der Waals surface area contributed by atoms with Gasteiger partial charge in [-0.25, -0.2) is 0 Å². The third-order valence-corrected chi connectivity index (χ3v) is 3.48. The van der Waals surface area contributed by atoms with Gasteiger partial charge in [0.15, 0.2) is 11.5 Å². The van der Waals surface area contributed by atoms with Crippen LogP contribution in [0.1, 0.15) is 19.3 Å². The first kappa shape index (κ1) is 18.4. The van der Waals surface area contributed by atoms with Crippen LogP contribution in [0.15, 0.2) is 18.2 Å². The largest absolute Gasteiger partial charge is 0.493 e. The van der Waals surface area contributed by atoms with Crippen molar-refractivity contribution in [3.8, 4) is 17.2 Å². The van der Waals surface area contributed by atoms with E-state index in [1.165, 1.54) is 0 Å². The zero-order chi connectivity index (χ0) is 16.4. The number of para-hydroxylation sites is 1. The average molecular weight is 330 g/mol. The van der Waals surface area contributed by atoms with Gasteiger partial charge in [-0.1, -0.05) is 6.07 Å². The Morgan fingerprint density at radius 3 is 2.36 bits per heavy atom. The lowest BCUT2D eigenvalue weighted by Gasteiger charge is -2.18. The minimum atomic E-state index is 0.107. The Morgan fingerprint density at radius 2 is 1.82 bits per heavy atom. The first-order valence-corrected chi connectivity index (χ1v) is 7.81. The molecule has 0 saturated heterocycles.